The van der Waals surface area contributed by atoms with Crippen molar-refractivity contribution in [2.45, 2.75) is 6.04 Å². The highest BCUT2D eigenvalue weighted by Gasteiger charge is 2.25. The summed E-state index contributed by atoms with van der Waals surface area (Å²) in [4.78, 5) is 12.7. The summed E-state index contributed by atoms with van der Waals surface area (Å²) in [6.45, 7) is 0. The number of carbonyl (C=O) groups is 1. The van der Waals surface area contributed by atoms with Gasteiger partial charge in [0.05, 0.1) is 5.56 Å². The van der Waals surface area contributed by atoms with E-state index in [1.165, 1.54) is 42.5 Å². The van der Waals surface area contributed by atoms with Gasteiger partial charge in [-0.1, -0.05) is 42.5 Å². The molecule has 29 heavy (non-hydrogen) atoms. The molecular formula is C22H15F2N3O2. The zero-order valence-electron chi connectivity index (χ0n) is 15.0. The topological polar surface area (TPSA) is 68.0 Å². The van der Waals surface area contributed by atoms with Gasteiger partial charge in [-0.3, -0.25) is 4.79 Å². The molecule has 0 saturated carbocycles. The Morgan fingerprint density at radius 2 is 1.55 bits per heavy atom. The molecule has 7 heteroatoms. The van der Waals surface area contributed by atoms with Gasteiger partial charge in [0.1, 0.15) is 17.7 Å². The normalized spacial score (nSPS) is 11.8. The molecule has 0 aliphatic heterocycles. The van der Waals surface area contributed by atoms with Crippen molar-refractivity contribution in [3.63, 3.8) is 0 Å². The Labute approximate surface area is 165 Å². The fraction of sp³-hybridized carbons (Fsp3) is 0.0455. The van der Waals surface area contributed by atoms with E-state index in [9.17, 15) is 13.6 Å². The standard InChI is InChI=1S/C22H15F2N3O2/c23-16-12-10-14(11-13-16)19(25-20(28)17-8-4-5-9-18(17)24)22-27-26-21(29-22)15-6-2-1-3-7-15/h1-13,19H,(H,25,28)/t19-/m0/s1. The predicted octanol–water partition coefficient (Wildman–Crippen LogP) is 4.53. The zero-order valence-corrected chi connectivity index (χ0v) is 15.0. The van der Waals surface area contributed by atoms with Gasteiger partial charge in [-0.15, -0.1) is 10.2 Å². The minimum atomic E-state index is -0.882. The Bertz CT molecular complexity index is 1130. The number of nitrogens with zero attached hydrogens (tertiary/aromatic N) is 2. The lowest BCUT2D eigenvalue weighted by atomic mass is 10.1. The molecular weight excluding hydrogens is 376 g/mol. The van der Waals surface area contributed by atoms with Gasteiger partial charge in [-0.25, -0.2) is 8.78 Å². The molecule has 0 aliphatic carbocycles. The van der Waals surface area contributed by atoms with Gasteiger partial charge in [0.2, 0.25) is 11.8 Å². The highest BCUT2D eigenvalue weighted by molar-refractivity contribution is 5.94. The Morgan fingerprint density at radius 1 is 0.862 bits per heavy atom. The fourth-order valence-electron chi connectivity index (χ4n) is 2.85. The van der Waals surface area contributed by atoms with E-state index in [1.54, 1.807) is 6.07 Å². The molecule has 0 unspecified atom stereocenters. The highest BCUT2D eigenvalue weighted by atomic mass is 19.1. The van der Waals surface area contributed by atoms with Crippen molar-refractivity contribution in [1.29, 1.82) is 0 Å². The van der Waals surface area contributed by atoms with Crippen molar-refractivity contribution >= 4 is 5.91 Å². The van der Waals surface area contributed by atoms with Crippen LogP contribution in [0.15, 0.2) is 83.3 Å². The monoisotopic (exact) mass is 391 g/mol. The van der Waals surface area contributed by atoms with Crippen LogP contribution in [0.3, 0.4) is 0 Å². The van der Waals surface area contributed by atoms with Crippen LogP contribution in [0.25, 0.3) is 11.5 Å². The molecule has 3 aromatic carbocycles. The lowest BCUT2D eigenvalue weighted by Crippen LogP contribution is -2.30. The molecule has 4 aromatic rings. The first kappa shape index (κ1) is 18.5. The summed E-state index contributed by atoms with van der Waals surface area (Å²) in [7, 11) is 0. The van der Waals surface area contributed by atoms with Crippen molar-refractivity contribution in [3.05, 3.63) is 108 Å². The van der Waals surface area contributed by atoms with E-state index < -0.39 is 23.6 Å². The van der Waals surface area contributed by atoms with E-state index in [2.05, 4.69) is 15.5 Å². The lowest BCUT2D eigenvalue weighted by molar-refractivity contribution is 0.0934. The van der Waals surface area contributed by atoms with Crippen molar-refractivity contribution < 1.29 is 18.0 Å². The second-order valence-corrected chi connectivity index (χ2v) is 6.25. The molecule has 1 atom stereocenters. The van der Waals surface area contributed by atoms with E-state index in [1.807, 2.05) is 30.3 Å². The number of nitrogens with one attached hydrogen (secondary N) is 1. The lowest BCUT2D eigenvalue weighted by Gasteiger charge is -2.16. The molecule has 144 valence electrons. The number of carbonyl (C=O) groups excluding carboxylic acids is 1. The maximum Gasteiger partial charge on any atom is 0.255 e. The average Bonchev–Trinajstić information content (AvgIpc) is 3.23. The molecule has 0 saturated heterocycles. The summed E-state index contributed by atoms with van der Waals surface area (Å²) in [5.74, 6) is -1.37. The van der Waals surface area contributed by atoms with Gasteiger partial charge in [-0.05, 0) is 42.0 Å². The first-order chi connectivity index (χ1) is 14.1. The van der Waals surface area contributed by atoms with Crippen LogP contribution in [0, 0.1) is 11.6 Å². The predicted molar refractivity (Wildman–Crippen MR) is 102 cm³/mol. The minimum absolute atomic E-state index is 0.0974. The Kier molecular flexibility index (Phi) is 5.11. The molecule has 0 fully saturated rings. The summed E-state index contributed by atoms with van der Waals surface area (Å²) in [5.41, 5.74) is 1.10. The number of aromatic nitrogens is 2. The summed E-state index contributed by atoms with van der Waals surface area (Å²) in [5, 5.41) is 10.8. The van der Waals surface area contributed by atoms with Gasteiger partial charge in [-0.2, -0.15) is 0 Å². The molecule has 5 nitrogen and oxygen atoms in total. The number of hydrogen-bond donors (Lipinski definition) is 1. The quantitative estimate of drug-likeness (QED) is 0.543. The Morgan fingerprint density at radius 3 is 2.28 bits per heavy atom. The number of benzene rings is 3. The molecule has 1 N–H and O–H groups in total. The molecule has 4 rings (SSSR count). The van der Waals surface area contributed by atoms with Gasteiger partial charge in [0, 0.05) is 5.56 Å². The van der Waals surface area contributed by atoms with E-state index >= 15 is 0 Å². The minimum Gasteiger partial charge on any atom is -0.418 e. The third kappa shape index (κ3) is 4.03. The van der Waals surface area contributed by atoms with Crippen LogP contribution in [0.5, 0.6) is 0 Å². The summed E-state index contributed by atoms with van der Waals surface area (Å²) < 4.78 is 33.1. The fourth-order valence-corrected chi connectivity index (χ4v) is 2.85. The first-order valence-electron chi connectivity index (χ1n) is 8.81. The van der Waals surface area contributed by atoms with Crippen molar-refractivity contribution in [2.75, 3.05) is 0 Å². The maximum absolute atomic E-state index is 14.0. The SMILES string of the molecule is O=C(N[C@@H](c1ccc(F)cc1)c1nnc(-c2ccccc2)o1)c1ccccc1F. The largest absolute Gasteiger partial charge is 0.418 e. The number of amides is 1. The molecule has 1 amide bonds. The smallest absolute Gasteiger partial charge is 0.255 e. The molecule has 1 aromatic heterocycles. The van der Waals surface area contributed by atoms with E-state index in [0.29, 0.717) is 11.1 Å². The number of hydrogen-bond acceptors (Lipinski definition) is 4. The third-order valence-corrected chi connectivity index (χ3v) is 4.31. The Balaban J connectivity index is 1.70. The van der Waals surface area contributed by atoms with Crippen LogP contribution in [0.2, 0.25) is 0 Å². The van der Waals surface area contributed by atoms with Crippen LogP contribution in [0.4, 0.5) is 8.78 Å². The molecule has 0 radical (unpaired) electrons. The second kappa shape index (κ2) is 8.02. The van der Waals surface area contributed by atoms with Crippen LogP contribution < -0.4 is 5.32 Å². The van der Waals surface area contributed by atoms with Gasteiger partial charge in [0.25, 0.3) is 5.91 Å². The molecule has 1 heterocycles. The first-order valence-corrected chi connectivity index (χ1v) is 8.81. The van der Waals surface area contributed by atoms with Crippen molar-refractivity contribution in [2.24, 2.45) is 0 Å². The number of halogens is 2. The van der Waals surface area contributed by atoms with Crippen molar-refractivity contribution in [3.8, 4) is 11.5 Å². The molecule has 0 spiro atoms. The van der Waals surface area contributed by atoms with Gasteiger partial charge in [0.15, 0.2) is 0 Å². The average molecular weight is 391 g/mol. The summed E-state index contributed by atoms with van der Waals surface area (Å²) >= 11 is 0. The van der Waals surface area contributed by atoms with Crippen LogP contribution in [0.1, 0.15) is 27.9 Å². The summed E-state index contributed by atoms with van der Waals surface area (Å²) in [6, 6.07) is 19.4. The van der Waals surface area contributed by atoms with Crippen LogP contribution in [-0.4, -0.2) is 16.1 Å². The zero-order chi connectivity index (χ0) is 20.2. The Hall–Kier alpha value is -3.87. The maximum atomic E-state index is 14.0. The van der Waals surface area contributed by atoms with Gasteiger partial charge >= 0.3 is 0 Å². The molecule has 0 aliphatic rings. The number of rotatable bonds is 5. The van der Waals surface area contributed by atoms with Crippen LogP contribution in [-0.2, 0) is 0 Å². The van der Waals surface area contributed by atoms with Crippen molar-refractivity contribution in [1.82, 2.24) is 15.5 Å². The summed E-state index contributed by atoms with van der Waals surface area (Å²) in [6.07, 6.45) is 0. The second-order valence-electron chi connectivity index (χ2n) is 6.25. The van der Waals surface area contributed by atoms with Crippen LogP contribution >= 0.6 is 0 Å². The van der Waals surface area contributed by atoms with E-state index in [0.717, 1.165) is 0 Å². The van der Waals surface area contributed by atoms with E-state index in [4.69, 9.17) is 4.42 Å². The van der Waals surface area contributed by atoms with Gasteiger partial charge < -0.3 is 9.73 Å². The molecule has 0 bridgehead atoms. The van der Waals surface area contributed by atoms with E-state index in [-0.39, 0.29) is 17.3 Å². The third-order valence-electron chi connectivity index (χ3n) is 4.31. The highest BCUT2D eigenvalue weighted by Crippen LogP contribution is 2.26.